The van der Waals surface area contributed by atoms with Gasteiger partial charge in [-0.2, -0.15) is 0 Å². The molecule has 1 aliphatic carbocycles. The Morgan fingerprint density at radius 2 is 1.84 bits per heavy atom. The SMILES string of the molecule is NC(c1ccoc1)c1ccc2c3c(cccc13)CC2. The second-order valence-corrected chi connectivity index (χ2v) is 5.19. The van der Waals surface area contributed by atoms with Crippen LogP contribution in [0.1, 0.15) is 28.3 Å². The van der Waals surface area contributed by atoms with Crippen molar-refractivity contribution in [2.24, 2.45) is 5.73 Å². The third-order valence-electron chi connectivity index (χ3n) is 4.15. The lowest BCUT2D eigenvalue weighted by molar-refractivity contribution is 0.562. The second kappa shape index (κ2) is 3.97. The first-order valence-electron chi connectivity index (χ1n) is 6.65. The fraction of sp³-hybridized carbons (Fsp3) is 0.176. The molecule has 1 heterocycles. The van der Waals surface area contributed by atoms with Gasteiger partial charge >= 0.3 is 0 Å². The van der Waals surface area contributed by atoms with Crippen LogP contribution in [0.2, 0.25) is 0 Å². The van der Waals surface area contributed by atoms with Gasteiger partial charge in [0.15, 0.2) is 0 Å². The van der Waals surface area contributed by atoms with Crippen molar-refractivity contribution in [1.29, 1.82) is 0 Å². The van der Waals surface area contributed by atoms with Gasteiger partial charge in [0.2, 0.25) is 0 Å². The minimum atomic E-state index is -0.122. The molecule has 19 heavy (non-hydrogen) atoms. The molecule has 2 aromatic carbocycles. The van der Waals surface area contributed by atoms with Crippen LogP contribution in [-0.2, 0) is 12.8 Å². The van der Waals surface area contributed by atoms with Crippen molar-refractivity contribution in [1.82, 2.24) is 0 Å². The summed E-state index contributed by atoms with van der Waals surface area (Å²) in [6.07, 6.45) is 5.71. The highest BCUT2D eigenvalue weighted by atomic mass is 16.3. The van der Waals surface area contributed by atoms with E-state index in [9.17, 15) is 0 Å². The van der Waals surface area contributed by atoms with Gasteiger partial charge in [-0.15, -0.1) is 0 Å². The number of hydrogen-bond donors (Lipinski definition) is 1. The first-order chi connectivity index (χ1) is 9.34. The quantitative estimate of drug-likeness (QED) is 0.754. The van der Waals surface area contributed by atoms with Crippen molar-refractivity contribution >= 4 is 10.8 Å². The van der Waals surface area contributed by atoms with E-state index < -0.39 is 0 Å². The number of furan rings is 1. The van der Waals surface area contributed by atoms with Gasteiger partial charge in [0.05, 0.1) is 18.6 Å². The van der Waals surface area contributed by atoms with Gasteiger partial charge in [0, 0.05) is 5.56 Å². The predicted octanol–water partition coefficient (Wildman–Crippen LogP) is 3.58. The van der Waals surface area contributed by atoms with Crippen LogP contribution in [-0.4, -0.2) is 0 Å². The fourth-order valence-corrected chi connectivity index (χ4v) is 3.17. The molecule has 94 valence electrons. The van der Waals surface area contributed by atoms with Crippen LogP contribution in [0.15, 0.2) is 53.3 Å². The molecule has 0 amide bonds. The van der Waals surface area contributed by atoms with Crippen molar-refractivity contribution in [2.45, 2.75) is 18.9 Å². The molecule has 0 saturated heterocycles. The Bertz CT molecular complexity index is 733. The minimum Gasteiger partial charge on any atom is -0.472 e. The lowest BCUT2D eigenvalue weighted by Crippen LogP contribution is -2.11. The van der Waals surface area contributed by atoms with Gasteiger partial charge in [-0.1, -0.05) is 30.3 Å². The Labute approximate surface area is 111 Å². The molecule has 4 rings (SSSR count). The lowest BCUT2D eigenvalue weighted by atomic mass is 9.93. The summed E-state index contributed by atoms with van der Waals surface area (Å²) in [5.74, 6) is 0. The predicted molar refractivity (Wildman–Crippen MR) is 76.1 cm³/mol. The standard InChI is InChI=1S/C17H15NO/c18-17(13-8-9-19-10-13)15-7-6-12-5-4-11-2-1-3-14(15)16(11)12/h1-3,6-10,17H,4-5,18H2. The first kappa shape index (κ1) is 10.8. The highest BCUT2D eigenvalue weighted by Gasteiger charge is 2.19. The Morgan fingerprint density at radius 1 is 1.00 bits per heavy atom. The van der Waals surface area contributed by atoms with Crippen molar-refractivity contribution in [2.75, 3.05) is 0 Å². The molecule has 0 spiro atoms. The molecule has 0 radical (unpaired) electrons. The van der Waals surface area contributed by atoms with E-state index in [0.717, 1.165) is 18.4 Å². The Morgan fingerprint density at radius 3 is 2.63 bits per heavy atom. The maximum atomic E-state index is 6.39. The molecule has 1 unspecified atom stereocenters. The van der Waals surface area contributed by atoms with E-state index in [4.69, 9.17) is 10.2 Å². The zero-order valence-electron chi connectivity index (χ0n) is 10.6. The average Bonchev–Trinajstić information content (AvgIpc) is 3.09. The van der Waals surface area contributed by atoms with Crippen LogP contribution in [0.4, 0.5) is 0 Å². The van der Waals surface area contributed by atoms with Gasteiger partial charge < -0.3 is 10.2 Å². The molecule has 1 aliphatic rings. The summed E-state index contributed by atoms with van der Waals surface area (Å²) in [4.78, 5) is 0. The van der Waals surface area contributed by atoms with E-state index in [1.54, 1.807) is 12.5 Å². The van der Waals surface area contributed by atoms with Crippen LogP contribution in [0.3, 0.4) is 0 Å². The Hall–Kier alpha value is -2.06. The highest BCUT2D eigenvalue weighted by molar-refractivity contribution is 5.93. The highest BCUT2D eigenvalue weighted by Crippen LogP contribution is 2.35. The first-order valence-corrected chi connectivity index (χ1v) is 6.65. The zero-order valence-corrected chi connectivity index (χ0v) is 10.6. The van der Waals surface area contributed by atoms with Crippen LogP contribution < -0.4 is 5.73 Å². The summed E-state index contributed by atoms with van der Waals surface area (Å²) in [6.45, 7) is 0. The van der Waals surface area contributed by atoms with Crippen LogP contribution in [0.25, 0.3) is 10.8 Å². The second-order valence-electron chi connectivity index (χ2n) is 5.19. The molecule has 2 nitrogen and oxygen atoms in total. The van der Waals surface area contributed by atoms with Gasteiger partial charge in [-0.25, -0.2) is 0 Å². The molecule has 0 bridgehead atoms. The number of hydrogen-bond acceptors (Lipinski definition) is 2. The summed E-state index contributed by atoms with van der Waals surface area (Å²) < 4.78 is 5.15. The van der Waals surface area contributed by atoms with Crippen molar-refractivity contribution in [3.8, 4) is 0 Å². The number of rotatable bonds is 2. The van der Waals surface area contributed by atoms with Crippen LogP contribution >= 0.6 is 0 Å². The normalized spacial score (nSPS) is 15.0. The van der Waals surface area contributed by atoms with E-state index in [1.807, 2.05) is 6.07 Å². The zero-order chi connectivity index (χ0) is 12.8. The summed E-state index contributed by atoms with van der Waals surface area (Å²) in [5, 5.41) is 2.71. The van der Waals surface area contributed by atoms with Gasteiger partial charge in [0.1, 0.15) is 0 Å². The smallest absolute Gasteiger partial charge is 0.0953 e. The van der Waals surface area contributed by atoms with Crippen molar-refractivity contribution < 1.29 is 4.42 Å². The molecule has 0 fully saturated rings. The molecule has 0 saturated carbocycles. The van der Waals surface area contributed by atoms with E-state index in [2.05, 4.69) is 30.3 Å². The molecular formula is C17H15NO. The molecular weight excluding hydrogens is 234 g/mol. The maximum Gasteiger partial charge on any atom is 0.0953 e. The van der Waals surface area contributed by atoms with Crippen LogP contribution in [0.5, 0.6) is 0 Å². The Balaban J connectivity index is 1.97. The molecule has 2 N–H and O–H groups in total. The number of benzene rings is 2. The largest absolute Gasteiger partial charge is 0.472 e. The summed E-state index contributed by atoms with van der Waals surface area (Å²) in [6, 6.07) is 12.8. The Kier molecular flexibility index (Phi) is 2.26. The third kappa shape index (κ3) is 1.53. The fourth-order valence-electron chi connectivity index (χ4n) is 3.17. The van der Waals surface area contributed by atoms with Crippen molar-refractivity contribution in [3.63, 3.8) is 0 Å². The molecule has 1 atom stereocenters. The summed E-state index contributed by atoms with van der Waals surface area (Å²) in [5.41, 5.74) is 11.5. The maximum absolute atomic E-state index is 6.39. The average molecular weight is 249 g/mol. The van der Waals surface area contributed by atoms with E-state index in [0.29, 0.717) is 0 Å². The number of nitrogens with two attached hydrogens (primary N) is 1. The molecule has 1 aromatic heterocycles. The van der Waals surface area contributed by atoms with Crippen LogP contribution in [0, 0.1) is 0 Å². The minimum absolute atomic E-state index is 0.122. The molecule has 0 aliphatic heterocycles. The monoisotopic (exact) mass is 249 g/mol. The topological polar surface area (TPSA) is 39.2 Å². The number of aryl methyl sites for hydroxylation is 2. The molecule has 3 aromatic rings. The lowest BCUT2D eigenvalue weighted by Gasteiger charge is -2.14. The summed E-state index contributed by atoms with van der Waals surface area (Å²) >= 11 is 0. The van der Waals surface area contributed by atoms with Gasteiger partial charge in [-0.3, -0.25) is 0 Å². The summed E-state index contributed by atoms with van der Waals surface area (Å²) in [7, 11) is 0. The van der Waals surface area contributed by atoms with Crippen molar-refractivity contribution in [3.05, 3.63) is 71.2 Å². The molecule has 2 heteroatoms. The van der Waals surface area contributed by atoms with E-state index in [-0.39, 0.29) is 6.04 Å². The van der Waals surface area contributed by atoms with Gasteiger partial charge in [0.25, 0.3) is 0 Å². The van der Waals surface area contributed by atoms with Gasteiger partial charge in [-0.05, 0) is 46.4 Å². The third-order valence-corrected chi connectivity index (χ3v) is 4.15. The van der Waals surface area contributed by atoms with E-state index in [1.165, 1.54) is 27.5 Å². The van der Waals surface area contributed by atoms with E-state index >= 15 is 0 Å².